The zero-order valence-corrected chi connectivity index (χ0v) is 19.8. The molecule has 0 radical (unpaired) electrons. The third-order valence-electron chi connectivity index (χ3n) is 6.63. The van der Waals surface area contributed by atoms with Gasteiger partial charge in [0.25, 0.3) is 0 Å². The lowest BCUT2D eigenvalue weighted by molar-refractivity contribution is -0.134. The molecule has 1 aromatic carbocycles. The Morgan fingerprint density at radius 3 is 2.50 bits per heavy atom. The first kappa shape index (κ1) is 23.0. The van der Waals surface area contributed by atoms with Gasteiger partial charge < -0.3 is 15.1 Å². The monoisotopic (exact) mass is 454 g/mol. The van der Waals surface area contributed by atoms with Gasteiger partial charge in [0, 0.05) is 70.1 Å². The summed E-state index contributed by atoms with van der Waals surface area (Å²) in [5, 5.41) is 5.12. The summed E-state index contributed by atoms with van der Waals surface area (Å²) >= 11 is 1.77. The number of piperazine rings is 1. The Bertz CT molecular complexity index is 920. The van der Waals surface area contributed by atoms with Crippen LogP contribution < -0.4 is 5.32 Å². The summed E-state index contributed by atoms with van der Waals surface area (Å²) in [5.74, 6) is 0.0153. The van der Waals surface area contributed by atoms with E-state index in [1.54, 1.807) is 11.3 Å². The number of carbonyl (C=O) groups is 2. The molecule has 0 saturated carbocycles. The fourth-order valence-electron chi connectivity index (χ4n) is 4.51. The lowest BCUT2D eigenvalue weighted by Crippen LogP contribution is -2.45. The first-order valence-electron chi connectivity index (χ1n) is 11.7. The third kappa shape index (κ3) is 5.97. The molecule has 0 atom stereocenters. The van der Waals surface area contributed by atoms with Crippen molar-refractivity contribution in [1.82, 2.24) is 20.0 Å². The summed E-state index contributed by atoms with van der Waals surface area (Å²) in [6.45, 7) is 10.6. The second kappa shape index (κ2) is 11.1. The van der Waals surface area contributed by atoms with E-state index in [2.05, 4.69) is 51.7 Å². The highest BCUT2D eigenvalue weighted by Crippen LogP contribution is 2.24. The molecule has 1 saturated heterocycles. The highest BCUT2D eigenvalue weighted by molar-refractivity contribution is 7.10. The van der Waals surface area contributed by atoms with Crippen molar-refractivity contribution in [3.05, 3.63) is 57.3 Å². The van der Waals surface area contributed by atoms with Crippen LogP contribution in [0.1, 0.15) is 41.3 Å². The van der Waals surface area contributed by atoms with E-state index < -0.39 is 0 Å². The largest absolute Gasteiger partial charge is 0.352 e. The smallest absolute Gasteiger partial charge is 0.223 e. The molecular formula is C25H34N4O2S. The SMILES string of the molecule is CCN1CCN(Cc2ccccc2CNC(=O)CCC(=O)N2CCc3sccc3C2)CC1. The highest BCUT2D eigenvalue weighted by Gasteiger charge is 2.22. The van der Waals surface area contributed by atoms with Crippen molar-refractivity contribution in [1.29, 1.82) is 0 Å². The van der Waals surface area contributed by atoms with Crippen LogP contribution in [0.4, 0.5) is 0 Å². The molecule has 3 heterocycles. The van der Waals surface area contributed by atoms with Crippen molar-refractivity contribution in [3.8, 4) is 0 Å². The van der Waals surface area contributed by atoms with Crippen molar-refractivity contribution in [2.45, 2.75) is 45.8 Å². The average Bonchev–Trinajstić information content (AvgIpc) is 3.30. The van der Waals surface area contributed by atoms with Gasteiger partial charge in [-0.05, 0) is 41.1 Å². The summed E-state index contributed by atoms with van der Waals surface area (Å²) in [6.07, 6.45) is 1.44. The maximum Gasteiger partial charge on any atom is 0.223 e. The number of hydrogen-bond donors (Lipinski definition) is 1. The summed E-state index contributed by atoms with van der Waals surface area (Å²) < 4.78 is 0. The zero-order valence-electron chi connectivity index (χ0n) is 19.0. The Hall–Kier alpha value is -2.22. The molecule has 0 spiro atoms. The number of hydrogen-bond acceptors (Lipinski definition) is 5. The molecule has 2 aliphatic heterocycles. The van der Waals surface area contributed by atoms with Crippen LogP contribution in [0.2, 0.25) is 0 Å². The Morgan fingerprint density at radius 1 is 0.969 bits per heavy atom. The quantitative estimate of drug-likeness (QED) is 0.667. The number of carbonyl (C=O) groups excluding carboxylic acids is 2. The summed E-state index contributed by atoms with van der Waals surface area (Å²) in [4.78, 5) is 33.2. The number of amides is 2. The topological polar surface area (TPSA) is 55.9 Å². The molecule has 1 N–H and O–H groups in total. The van der Waals surface area contributed by atoms with Crippen LogP contribution in [0.5, 0.6) is 0 Å². The molecule has 6 nitrogen and oxygen atoms in total. The lowest BCUT2D eigenvalue weighted by atomic mass is 10.1. The van der Waals surface area contributed by atoms with Gasteiger partial charge >= 0.3 is 0 Å². The van der Waals surface area contributed by atoms with Crippen LogP contribution in [-0.2, 0) is 35.6 Å². The van der Waals surface area contributed by atoms with E-state index in [1.807, 2.05) is 11.0 Å². The summed E-state index contributed by atoms with van der Waals surface area (Å²) in [6, 6.07) is 10.5. The number of thiophene rings is 1. The number of benzene rings is 1. The number of nitrogens with zero attached hydrogens (tertiary/aromatic N) is 3. The van der Waals surface area contributed by atoms with E-state index >= 15 is 0 Å². The van der Waals surface area contributed by atoms with Gasteiger partial charge in [-0.3, -0.25) is 14.5 Å². The predicted molar refractivity (Wildman–Crippen MR) is 128 cm³/mol. The zero-order chi connectivity index (χ0) is 22.3. The van der Waals surface area contributed by atoms with Crippen molar-refractivity contribution in [2.24, 2.45) is 0 Å². The van der Waals surface area contributed by atoms with E-state index in [9.17, 15) is 9.59 Å². The second-order valence-electron chi connectivity index (χ2n) is 8.69. The lowest BCUT2D eigenvalue weighted by Gasteiger charge is -2.34. The van der Waals surface area contributed by atoms with E-state index in [0.29, 0.717) is 13.1 Å². The second-order valence-corrected chi connectivity index (χ2v) is 9.69. The van der Waals surface area contributed by atoms with Crippen molar-refractivity contribution in [3.63, 3.8) is 0 Å². The standard InChI is InChI=1S/C25H34N4O2S/c1-2-27-12-14-28(15-13-27)18-21-6-4-3-5-20(21)17-26-24(30)7-8-25(31)29-11-9-23-22(19-29)10-16-32-23/h3-6,10,16H,2,7-9,11-15,17-19H2,1H3,(H,26,30). The molecule has 2 aromatic rings. The van der Waals surface area contributed by atoms with Gasteiger partial charge in [-0.15, -0.1) is 11.3 Å². The summed E-state index contributed by atoms with van der Waals surface area (Å²) in [5.41, 5.74) is 3.69. The first-order valence-corrected chi connectivity index (χ1v) is 12.6. The number of likely N-dealkylation sites (N-methyl/N-ethyl adjacent to an activating group) is 1. The van der Waals surface area contributed by atoms with Crippen LogP contribution >= 0.6 is 11.3 Å². The maximum absolute atomic E-state index is 12.6. The number of fused-ring (bicyclic) bond motifs is 1. The van der Waals surface area contributed by atoms with Crippen LogP contribution in [-0.4, -0.2) is 65.8 Å². The Kier molecular flexibility index (Phi) is 7.95. The van der Waals surface area contributed by atoms with E-state index in [-0.39, 0.29) is 24.7 Å². The maximum atomic E-state index is 12.6. The highest BCUT2D eigenvalue weighted by atomic mass is 32.1. The minimum absolute atomic E-state index is 0.0575. The van der Waals surface area contributed by atoms with Gasteiger partial charge in [0.05, 0.1) is 0 Å². The van der Waals surface area contributed by atoms with Crippen molar-refractivity contribution >= 4 is 23.2 Å². The van der Waals surface area contributed by atoms with Gasteiger partial charge in [0.1, 0.15) is 0 Å². The normalized spacial score (nSPS) is 17.2. The van der Waals surface area contributed by atoms with Crippen molar-refractivity contribution in [2.75, 3.05) is 39.3 Å². The molecule has 0 bridgehead atoms. The minimum atomic E-state index is -0.0575. The van der Waals surface area contributed by atoms with E-state index in [1.165, 1.54) is 16.0 Å². The fourth-order valence-corrected chi connectivity index (χ4v) is 5.40. The molecule has 2 amide bonds. The average molecular weight is 455 g/mol. The molecule has 0 aliphatic carbocycles. The molecule has 7 heteroatoms. The number of nitrogens with one attached hydrogen (secondary N) is 1. The molecule has 1 fully saturated rings. The van der Waals surface area contributed by atoms with Crippen LogP contribution in [0, 0.1) is 0 Å². The van der Waals surface area contributed by atoms with Gasteiger partial charge in [-0.1, -0.05) is 31.2 Å². The third-order valence-corrected chi connectivity index (χ3v) is 7.65. The Morgan fingerprint density at radius 2 is 1.72 bits per heavy atom. The molecule has 0 unspecified atom stereocenters. The van der Waals surface area contributed by atoms with Gasteiger partial charge in [-0.2, -0.15) is 0 Å². The van der Waals surface area contributed by atoms with E-state index in [0.717, 1.165) is 57.8 Å². The van der Waals surface area contributed by atoms with Crippen LogP contribution in [0.15, 0.2) is 35.7 Å². The molecule has 32 heavy (non-hydrogen) atoms. The Balaban J connectivity index is 1.22. The van der Waals surface area contributed by atoms with Crippen LogP contribution in [0.25, 0.3) is 0 Å². The van der Waals surface area contributed by atoms with E-state index in [4.69, 9.17) is 0 Å². The molecule has 4 rings (SSSR count). The van der Waals surface area contributed by atoms with Gasteiger partial charge in [0.2, 0.25) is 11.8 Å². The fraction of sp³-hybridized carbons (Fsp3) is 0.520. The van der Waals surface area contributed by atoms with Gasteiger partial charge in [-0.25, -0.2) is 0 Å². The molecule has 1 aromatic heterocycles. The molecule has 172 valence electrons. The summed E-state index contributed by atoms with van der Waals surface area (Å²) in [7, 11) is 0. The van der Waals surface area contributed by atoms with Gasteiger partial charge in [0.15, 0.2) is 0 Å². The minimum Gasteiger partial charge on any atom is -0.352 e. The Labute approximate surface area is 195 Å². The molecule has 2 aliphatic rings. The first-order chi connectivity index (χ1) is 15.6. The number of rotatable bonds is 8. The predicted octanol–water partition coefficient (Wildman–Crippen LogP) is 2.87. The molecular weight excluding hydrogens is 420 g/mol. The van der Waals surface area contributed by atoms with Crippen LogP contribution in [0.3, 0.4) is 0 Å². The van der Waals surface area contributed by atoms with Crippen molar-refractivity contribution < 1.29 is 9.59 Å².